The molecule has 1 nitrogen and oxygen atoms in total. The van der Waals surface area contributed by atoms with E-state index in [4.69, 9.17) is 27.9 Å². The van der Waals surface area contributed by atoms with E-state index in [1.54, 1.807) is 7.11 Å². The molecule has 3 rings (SSSR count). The van der Waals surface area contributed by atoms with Crippen LogP contribution in [0, 0.1) is 6.92 Å². The number of hydrogen-bond donors (Lipinski definition) is 0. The number of ether oxygens (including phenoxy) is 1. The number of benzene rings is 2. The Labute approximate surface area is 147 Å². The van der Waals surface area contributed by atoms with E-state index < -0.39 is 0 Å². The Kier molecular flexibility index (Phi) is 4.79. The van der Waals surface area contributed by atoms with Gasteiger partial charge in [-0.05, 0) is 54.2 Å². The second-order valence-corrected chi connectivity index (χ2v) is 6.44. The molecule has 3 heteroatoms. The summed E-state index contributed by atoms with van der Waals surface area (Å²) in [5, 5.41) is 1.31. The number of hydrogen-bond acceptors (Lipinski definition) is 1. The Morgan fingerprint density at radius 3 is 1.61 bits per heavy atom. The van der Waals surface area contributed by atoms with Crippen molar-refractivity contribution in [1.82, 2.24) is 0 Å². The van der Waals surface area contributed by atoms with Gasteiger partial charge in [0.05, 0.1) is 17.2 Å². The Morgan fingerprint density at radius 1 is 0.739 bits per heavy atom. The molecular formula is C20H18Cl2O. The highest BCUT2D eigenvalue weighted by Gasteiger charge is 2.21. The summed E-state index contributed by atoms with van der Waals surface area (Å²) in [6.45, 7) is 2.08. The number of allylic oxidation sites excluding steroid dienone is 4. The van der Waals surface area contributed by atoms with Gasteiger partial charge in [0.15, 0.2) is 0 Å². The molecule has 0 saturated heterocycles. The summed E-state index contributed by atoms with van der Waals surface area (Å²) in [7, 11) is 1.66. The van der Waals surface area contributed by atoms with Crippen molar-refractivity contribution in [2.24, 2.45) is 0 Å². The van der Waals surface area contributed by atoms with Crippen LogP contribution < -0.4 is 4.74 Å². The largest absolute Gasteiger partial charge is 0.497 e. The Bertz CT molecular complexity index is 768. The van der Waals surface area contributed by atoms with Crippen molar-refractivity contribution in [2.75, 3.05) is 7.11 Å². The SMILES string of the molecule is COc1ccc(C2=C(Cl)C(Cl)=C(c3ccc(C)cc3)CC2)cc1. The van der Waals surface area contributed by atoms with E-state index in [2.05, 4.69) is 31.2 Å². The summed E-state index contributed by atoms with van der Waals surface area (Å²) in [5.74, 6) is 0.836. The van der Waals surface area contributed by atoms with E-state index in [0.717, 1.165) is 40.9 Å². The first kappa shape index (κ1) is 16.2. The lowest BCUT2D eigenvalue weighted by molar-refractivity contribution is 0.415. The topological polar surface area (TPSA) is 9.23 Å². The molecule has 0 aliphatic heterocycles. The molecule has 0 unspecified atom stereocenters. The normalized spacial score (nSPS) is 15.1. The third-order valence-corrected chi connectivity index (χ3v) is 5.12. The second-order valence-electron chi connectivity index (χ2n) is 5.68. The monoisotopic (exact) mass is 344 g/mol. The molecule has 0 amide bonds. The minimum Gasteiger partial charge on any atom is -0.497 e. The maximum absolute atomic E-state index is 6.58. The number of halogens is 2. The summed E-state index contributed by atoms with van der Waals surface area (Å²) in [5.41, 5.74) is 5.69. The van der Waals surface area contributed by atoms with Crippen LogP contribution in [0.15, 0.2) is 58.6 Å². The molecule has 0 spiro atoms. The zero-order valence-corrected chi connectivity index (χ0v) is 14.7. The Balaban J connectivity index is 1.99. The van der Waals surface area contributed by atoms with Crippen LogP contribution in [-0.4, -0.2) is 7.11 Å². The first-order valence-corrected chi connectivity index (χ1v) is 8.35. The van der Waals surface area contributed by atoms with E-state index >= 15 is 0 Å². The van der Waals surface area contributed by atoms with Gasteiger partial charge in [0.25, 0.3) is 0 Å². The molecule has 0 radical (unpaired) electrons. The van der Waals surface area contributed by atoms with Gasteiger partial charge in [0.2, 0.25) is 0 Å². The van der Waals surface area contributed by atoms with Gasteiger partial charge in [-0.25, -0.2) is 0 Å². The maximum Gasteiger partial charge on any atom is 0.118 e. The minimum atomic E-state index is 0.652. The van der Waals surface area contributed by atoms with Crippen LogP contribution in [0.1, 0.15) is 29.5 Å². The van der Waals surface area contributed by atoms with Crippen LogP contribution in [0.2, 0.25) is 0 Å². The highest BCUT2D eigenvalue weighted by molar-refractivity contribution is 6.48. The number of aryl methyl sites for hydroxylation is 1. The zero-order valence-electron chi connectivity index (χ0n) is 13.2. The van der Waals surface area contributed by atoms with Crippen molar-refractivity contribution in [2.45, 2.75) is 19.8 Å². The lowest BCUT2D eigenvalue weighted by Crippen LogP contribution is -2.00. The second kappa shape index (κ2) is 6.82. The van der Waals surface area contributed by atoms with Gasteiger partial charge < -0.3 is 4.74 Å². The highest BCUT2D eigenvalue weighted by atomic mass is 35.5. The standard InChI is InChI=1S/C20H18Cl2O/c1-13-3-5-14(6-4-13)17-11-12-18(20(22)19(17)21)15-7-9-16(23-2)10-8-15/h3-10H,11-12H2,1-2H3. The molecule has 0 fully saturated rings. The Hall–Kier alpha value is -1.70. The quantitative estimate of drug-likeness (QED) is 0.626. The predicted octanol–water partition coefficient (Wildman–Crippen LogP) is 6.40. The summed E-state index contributed by atoms with van der Waals surface area (Å²) in [6.07, 6.45) is 1.77. The predicted molar refractivity (Wildman–Crippen MR) is 99.0 cm³/mol. The number of methoxy groups -OCH3 is 1. The van der Waals surface area contributed by atoms with Gasteiger partial charge in [-0.1, -0.05) is 65.2 Å². The average Bonchev–Trinajstić information content (AvgIpc) is 2.58. The minimum absolute atomic E-state index is 0.652. The third-order valence-electron chi connectivity index (χ3n) is 4.19. The molecule has 23 heavy (non-hydrogen) atoms. The molecule has 0 saturated carbocycles. The summed E-state index contributed by atoms with van der Waals surface area (Å²) in [4.78, 5) is 0. The molecule has 0 atom stereocenters. The van der Waals surface area contributed by atoms with Crippen LogP contribution >= 0.6 is 23.2 Å². The fourth-order valence-corrected chi connectivity index (χ4v) is 3.46. The van der Waals surface area contributed by atoms with Crippen LogP contribution in [0.25, 0.3) is 11.1 Å². The summed E-state index contributed by atoms with van der Waals surface area (Å²) >= 11 is 13.2. The molecule has 1 aliphatic rings. The van der Waals surface area contributed by atoms with Crippen molar-refractivity contribution in [3.63, 3.8) is 0 Å². The van der Waals surface area contributed by atoms with E-state index in [1.807, 2.05) is 24.3 Å². The summed E-state index contributed by atoms with van der Waals surface area (Å²) < 4.78 is 5.20. The van der Waals surface area contributed by atoms with Crippen LogP contribution in [-0.2, 0) is 0 Å². The summed E-state index contributed by atoms with van der Waals surface area (Å²) in [6, 6.07) is 16.4. The molecule has 0 heterocycles. The lowest BCUT2D eigenvalue weighted by atomic mass is 9.89. The first-order valence-electron chi connectivity index (χ1n) is 7.59. The van der Waals surface area contributed by atoms with E-state index in [9.17, 15) is 0 Å². The van der Waals surface area contributed by atoms with Gasteiger partial charge in [0.1, 0.15) is 5.75 Å². The van der Waals surface area contributed by atoms with E-state index in [-0.39, 0.29) is 0 Å². The molecule has 2 aromatic rings. The molecule has 0 aromatic heterocycles. The zero-order chi connectivity index (χ0) is 16.4. The van der Waals surface area contributed by atoms with Gasteiger partial charge in [-0.15, -0.1) is 0 Å². The molecule has 0 bridgehead atoms. The molecular weight excluding hydrogens is 327 g/mol. The van der Waals surface area contributed by atoms with Crippen molar-refractivity contribution < 1.29 is 4.74 Å². The van der Waals surface area contributed by atoms with Crippen molar-refractivity contribution in [1.29, 1.82) is 0 Å². The van der Waals surface area contributed by atoms with Crippen molar-refractivity contribution >= 4 is 34.3 Å². The fourth-order valence-electron chi connectivity index (χ4n) is 2.82. The molecule has 0 N–H and O–H groups in total. The smallest absolute Gasteiger partial charge is 0.118 e. The van der Waals surface area contributed by atoms with Crippen LogP contribution in [0.5, 0.6) is 5.75 Å². The average molecular weight is 345 g/mol. The maximum atomic E-state index is 6.58. The van der Waals surface area contributed by atoms with Gasteiger partial charge in [-0.3, -0.25) is 0 Å². The first-order chi connectivity index (χ1) is 11.1. The van der Waals surface area contributed by atoms with E-state index in [1.165, 1.54) is 5.56 Å². The Morgan fingerprint density at radius 2 is 1.17 bits per heavy atom. The van der Waals surface area contributed by atoms with Gasteiger partial charge in [0, 0.05) is 0 Å². The van der Waals surface area contributed by atoms with Gasteiger partial charge >= 0.3 is 0 Å². The highest BCUT2D eigenvalue weighted by Crippen LogP contribution is 2.43. The third kappa shape index (κ3) is 3.31. The van der Waals surface area contributed by atoms with Crippen LogP contribution in [0.3, 0.4) is 0 Å². The van der Waals surface area contributed by atoms with Crippen molar-refractivity contribution in [3.8, 4) is 5.75 Å². The van der Waals surface area contributed by atoms with Crippen molar-refractivity contribution in [3.05, 3.63) is 75.3 Å². The molecule has 1 aliphatic carbocycles. The lowest BCUT2D eigenvalue weighted by Gasteiger charge is -2.21. The molecule has 2 aromatic carbocycles. The fraction of sp³-hybridized carbons (Fsp3) is 0.200. The van der Waals surface area contributed by atoms with Crippen LogP contribution in [0.4, 0.5) is 0 Å². The van der Waals surface area contributed by atoms with Gasteiger partial charge in [-0.2, -0.15) is 0 Å². The van der Waals surface area contributed by atoms with E-state index in [0.29, 0.717) is 10.1 Å². The molecule has 118 valence electrons. The number of rotatable bonds is 3.